The summed E-state index contributed by atoms with van der Waals surface area (Å²) < 4.78 is 0. The molecule has 17 heavy (non-hydrogen) atoms. The SMILES string of the molecule is Cc1ccc(N(C)c2cccc(C)c2N)cc1. The second-order valence-electron chi connectivity index (χ2n) is 4.40. The predicted octanol–water partition coefficient (Wildman–Crippen LogP) is 3.65. The second-order valence-corrected chi connectivity index (χ2v) is 4.40. The van der Waals surface area contributed by atoms with E-state index in [0.717, 1.165) is 22.6 Å². The van der Waals surface area contributed by atoms with Gasteiger partial charge >= 0.3 is 0 Å². The lowest BCUT2D eigenvalue weighted by atomic mass is 10.1. The largest absolute Gasteiger partial charge is 0.397 e. The molecule has 0 amide bonds. The highest BCUT2D eigenvalue weighted by Gasteiger charge is 2.08. The molecule has 0 fully saturated rings. The maximum atomic E-state index is 6.11. The number of anilines is 3. The summed E-state index contributed by atoms with van der Waals surface area (Å²) in [5.41, 5.74) is 11.5. The van der Waals surface area contributed by atoms with Crippen molar-refractivity contribution in [1.29, 1.82) is 0 Å². The summed E-state index contributed by atoms with van der Waals surface area (Å²) in [5.74, 6) is 0. The van der Waals surface area contributed by atoms with Gasteiger partial charge in [-0.1, -0.05) is 29.8 Å². The molecule has 0 heterocycles. The minimum Gasteiger partial charge on any atom is -0.397 e. The van der Waals surface area contributed by atoms with Crippen LogP contribution in [0.15, 0.2) is 42.5 Å². The number of aryl methyl sites for hydroxylation is 2. The lowest BCUT2D eigenvalue weighted by Gasteiger charge is -2.22. The van der Waals surface area contributed by atoms with Crippen LogP contribution >= 0.6 is 0 Å². The molecule has 0 saturated carbocycles. The monoisotopic (exact) mass is 226 g/mol. The summed E-state index contributed by atoms with van der Waals surface area (Å²) in [7, 11) is 2.04. The van der Waals surface area contributed by atoms with Gasteiger partial charge in [-0.3, -0.25) is 0 Å². The first-order valence-electron chi connectivity index (χ1n) is 5.75. The van der Waals surface area contributed by atoms with E-state index in [1.807, 2.05) is 32.2 Å². The molecule has 0 radical (unpaired) electrons. The normalized spacial score (nSPS) is 10.3. The quantitative estimate of drug-likeness (QED) is 0.792. The van der Waals surface area contributed by atoms with Gasteiger partial charge in [-0.15, -0.1) is 0 Å². The maximum Gasteiger partial charge on any atom is 0.0644 e. The molecule has 2 aromatic rings. The topological polar surface area (TPSA) is 29.3 Å². The molecule has 0 spiro atoms. The molecule has 2 nitrogen and oxygen atoms in total. The molecule has 0 aliphatic heterocycles. The molecule has 0 aromatic heterocycles. The van der Waals surface area contributed by atoms with Crippen LogP contribution in [0.2, 0.25) is 0 Å². The molecule has 2 heteroatoms. The zero-order valence-electron chi connectivity index (χ0n) is 10.6. The number of hydrogen-bond acceptors (Lipinski definition) is 2. The van der Waals surface area contributed by atoms with Crippen molar-refractivity contribution in [2.45, 2.75) is 13.8 Å². The molecule has 2 aromatic carbocycles. The number of nitrogens with zero attached hydrogens (tertiary/aromatic N) is 1. The third-order valence-corrected chi connectivity index (χ3v) is 3.08. The van der Waals surface area contributed by atoms with Gasteiger partial charge in [0.15, 0.2) is 0 Å². The predicted molar refractivity (Wildman–Crippen MR) is 74.8 cm³/mol. The molecule has 0 bridgehead atoms. The Bertz CT molecular complexity index is 515. The second kappa shape index (κ2) is 4.50. The summed E-state index contributed by atoms with van der Waals surface area (Å²) >= 11 is 0. The van der Waals surface area contributed by atoms with Crippen molar-refractivity contribution in [3.8, 4) is 0 Å². The fourth-order valence-corrected chi connectivity index (χ4v) is 1.87. The fraction of sp³-hybridized carbons (Fsp3) is 0.200. The highest BCUT2D eigenvalue weighted by atomic mass is 15.1. The highest BCUT2D eigenvalue weighted by molar-refractivity contribution is 5.76. The van der Waals surface area contributed by atoms with Gasteiger partial charge in [0.1, 0.15) is 0 Å². The molecule has 0 atom stereocenters. The van der Waals surface area contributed by atoms with Gasteiger partial charge in [0, 0.05) is 12.7 Å². The van der Waals surface area contributed by atoms with E-state index in [1.165, 1.54) is 5.56 Å². The van der Waals surface area contributed by atoms with Crippen LogP contribution in [0.25, 0.3) is 0 Å². The van der Waals surface area contributed by atoms with E-state index in [1.54, 1.807) is 0 Å². The average Bonchev–Trinajstić information content (AvgIpc) is 2.33. The third-order valence-electron chi connectivity index (χ3n) is 3.08. The van der Waals surface area contributed by atoms with Gasteiger partial charge < -0.3 is 10.6 Å². The summed E-state index contributed by atoms with van der Waals surface area (Å²) in [6.45, 7) is 4.12. The number of rotatable bonds is 2. The Balaban J connectivity index is 2.40. The van der Waals surface area contributed by atoms with Gasteiger partial charge in [-0.25, -0.2) is 0 Å². The van der Waals surface area contributed by atoms with E-state index < -0.39 is 0 Å². The fourth-order valence-electron chi connectivity index (χ4n) is 1.87. The zero-order chi connectivity index (χ0) is 12.4. The van der Waals surface area contributed by atoms with Crippen LogP contribution in [0, 0.1) is 13.8 Å². The summed E-state index contributed by atoms with van der Waals surface area (Å²) in [4.78, 5) is 2.11. The number of benzene rings is 2. The van der Waals surface area contributed by atoms with Crippen LogP contribution in [0.4, 0.5) is 17.1 Å². The lowest BCUT2D eigenvalue weighted by Crippen LogP contribution is -2.12. The van der Waals surface area contributed by atoms with Crippen LogP contribution in [0.5, 0.6) is 0 Å². The number of nitrogen functional groups attached to an aromatic ring is 1. The summed E-state index contributed by atoms with van der Waals surface area (Å²) in [6.07, 6.45) is 0. The van der Waals surface area contributed by atoms with Crippen LogP contribution in [-0.2, 0) is 0 Å². The van der Waals surface area contributed by atoms with Gasteiger partial charge in [0.2, 0.25) is 0 Å². The van der Waals surface area contributed by atoms with Crippen LogP contribution in [0.1, 0.15) is 11.1 Å². The van der Waals surface area contributed by atoms with Crippen LogP contribution < -0.4 is 10.6 Å². The Hall–Kier alpha value is -1.96. The minimum atomic E-state index is 0.843. The Morgan fingerprint density at radius 2 is 1.59 bits per heavy atom. The van der Waals surface area contributed by atoms with E-state index in [9.17, 15) is 0 Å². The van der Waals surface area contributed by atoms with Gasteiger partial charge in [-0.2, -0.15) is 0 Å². The smallest absolute Gasteiger partial charge is 0.0644 e. The van der Waals surface area contributed by atoms with E-state index in [2.05, 4.69) is 36.1 Å². The molecule has 0 aliphatic rings. The maximum absolute atomic E-state index is 6.11. The van der Waals surface area contributed by atoms with Gasteiger partial charge in [0.05, 0.1) is 11.4 Å². The molecular formula is C15H18N2. The van der Waals surface area contributed by atoms with Gasteiger partial charge in [0.25, 0.3) is 0 Å². The Labute approximate surface area is 103 Å². The van der Waals surface area contributed by atoms with Crippen LogP contribution in [0.3, 0.4) is 0 Å². The molecule has 0 unspecified atom stereocenters. The molecule has 0 saturated heterocycles. The molecule has 2 rings (SSSR count). The van der Waals surface area contributed by atoms with Crippen molar-refractivity contribution in [2.75, 3.05) is 17.7 Å². The Morgan fingerprint density at radius 1 is 0.941 bits per heavy atom. The van der Waals surface area contributed by atoms with Crippen molar-refractivity contribution in [3.63, 3.8) is 0 Å². The Morgan fingerprint density at radius 3 is 2.24 bits per heavy atom. The zero-order valence-corrected chi connectivity index (χ0v) is 10.6. The number of para-hydroxylation sites is 1. The van der Waals surface area contributed by atoms with Crippen molar-refractivity contribution < 1.29 is 0 Å². The molecular weight excluding hydrogens is 208 g/mol. The summed E-state index contributed by atoms with van der Waals surface area (Å²) in [6, 6.07) is 14.5. The Kier molecular flexibility index (Phi) is 3.05. The molecule has 88 valence electrons. The highest BCUT2D eigenvalue weighted by Crippen LogP contribution is 2.30. The van der Waals surface area contributed by atoms with Crippen LogP contribution in [-0.4, -0.2) is 7.05 Å². The molecule has 2 N–H and O–H groups in total. The van der Waals surface area contributed by atoms with E-state index in [0.29, 0.717) is 0 Å². The van der Waals surface area contributed by atoms with Crippen molar-refractivity contribution in [2.24, 2.45) is 0 Å². The van der Waals surface area contributed by atoms with E-state index >= 15 is 0 Å². The average molecular weight is 226 g/mol. The number of hydrogen-bond donors (Lipinski definition) is 1. The first-order chi connectivity index (χ1) is 8.09. The molecule has 0 aliphatic carbocycles. The van der Waals surface area contributed by atoms with E-state index in [-0.39, 0.29) is 0 Å². The van der Waals surface area contributed by atoms with Crippen molar-refractivity contribution in [1.82, 2.24) is 0 Å². The summed E-state index contributed by atoms with van der Waals surface area (Å²) in [5, 5.41) is 0. The first-order valence-corrected chi connectivity index (χ1v) is 5.75. The first kappa shape index (κ1) is 11.5. The van der Waals surface area contributed by atoms with E-state index in [4.69, 9.17) is 5.73 Å². The van der Waals surface area contributed by atoms with Gasteiger partial charge in [-0.05, 0) is 37.6 Å². The minimum absolute atomic E-state index is 0.843. The third kappa shape index (κ3) is 2.26. The van der Waals surface area contributed by atoms with Crippen molar-refractivity contribution >= 4 is 17.1 Å². The standard InChI is InChI=1S/C15H18N2/c1-11-7-9-13(10-8-11)17(3)14-6-4-5-12(2)15(14)16/h4-10H,16H2,1-3H3. The van der Waals surface area contributed by atoms with Crippen molar-refractivity contribution in [3.05, 3.63) is 53.6 Å². The lowest BCUT2D eigenvalue weighted by molar-refractivity contribution is 1.20. The number of nitrogens with two attached hydrogens (primary N) is 1.